The maximum atomic E-state index is 11.3. The van der Waals surface area contributed by atoms with Crippen LogP contribution in [0.5, 0.6) is 0 Å². The third-order valence-electron chi connectivity index (χ3n) is 2.61. The Bertz CT molecular complexity index is 735. The second-order valence-corrected chi connectivity index (χ2v) is 5.73. The summed E-state index contributed by atoms with van der Waals surface area (Å²) < 4.78 is 0. The number of carbonyl (C=O) groups is 1. The van der Waals surface area contributed by atoms with Crippen LogP contribution < -0.4 is 11.1 Å². The molecule has 0 amide bonds. The molecule has 110 valence electrons. The van der Waals surface area contributed by atoms with Gasteiger partial charge in [-0.05, 0) is 24.3 Å². The van der Waals surface area contributed by atoms with E-state index in [1.165, 1.54) is 24.3 Å². The summed E-state index contributed by atoms with van der Waals surface area (Å²) in [5, 5.41) is 13.0. The van der Waals surface area contributed by atoms with E-state index >= 15 is 0 Å². The average molecular weight is 366 g/mol. The summed E-state index contributed by atoms with van der Waals surface area (Å²) in [6, 6.07) is 5.65. The highest BCUT2D eigenvalue weighted by molar-refractivity contribution is 6.44. The Morgan fingerprint density at radius 3 is 2.19 bits per heavy atom. The number of nitrogens with two attached hydrogens (primary N) is 1. The van der Waals surface area contributed by atoms with Gasteiger partial charge in [0.25, 0.3) is 0 Å². The second kappa shape index (κ2) is 6.20. The van der Waals surface area contributed by atoms with Gasteiger partial charge in [0.15, 0.2) is 0 Å². The van der Waals surface area contributed by atoms with Crippen LogP contribution in [0.2, 0.25) is 20.1 Å². The minimum absolute atomic E-state index is 0.0814. The number of halogens is 4. The van der Waals surface area contributed by atoms with Gasteiger partial charge in [0.05, 0.1) is 37.0 Å². The smallest absolute Gasteiger partial charge is 0.337 e. The summed E-state index contributed by atoms with van der Waals surface area (Å²) in [6.45, 7) is 0. The zero-order chi connectivity index (χ0) is 15.7. The fourth-order valence-electron chi connectivity index (χ4n) is 1.68. The fourth-order valence-corrected chi connectivity index (χ4v) is 2.55. The standard InChI is InChI=1S/C13H8Cl4N2O2/c14-7-3-9(16)11(4-8(7)15)19-12-6(13(20)21)1-5(18)2-10(12)17/h1-4,19H,18H2,(H,20,21). The van der Waals surface area contributed by atoms with E-state index < -0.39 is 5.97 Å². The van der Waals surface area contributed by atoms with Gasteiger partial charge in [0.2, 0.25) is 0 Å². The first-order chi connectivity index (χ1) is 9.79. The summed E-state index contributed by atoms with van der Waals surface area (Å²) in [6.07, 6.45) is 0. The molecule has 0 fully saturated rings. The zero-order valence-electron chi connectivity index (χ0n) is 10.3. The molecular weight excluding hydrogens is 358 g/mol. The first-order valence-electron chi connectivity index (χ1n) is 5.53. The molecule has 0 heterocycles. The van der Waals surface area contributed by atoms with Crippen LogP contribution >= 0.6 is 46.4 Å². The van der Waals surface area contributed by atoms with Crippen LogP contribution in [0.3, 0.4) is 0 Å². The van der Waals surface area contributed by atoms with Crippen LogP contribution in [-0.2, 0) is 0 Å². The Morgan fingerprint density at radius 2 is 1.57 bits per heavy atom. The van der Waals surface area contributed by atoms with Crippen LogP contribution in [-0.4, -0.2) is 11.1 Å². The van der Waals surface area contributed by atoms with E-state index in [2.05, 4.69) is 5.32 Å². The van der Waals surface area contributed by atoms with E-state index in [1.807, 2.05) is 0 Å². The van der Waals surface area contributed by atoms with E-state index in [4.69, 9.17) is 52.1 Å². The van der Waals surface area contributed by atoms with Crippen molar-refractivity contribution in [3.63, 3.8) is 0 Å². The summed E-state index contributed by atoms with van der Waals surface area (Å²) in [5.74, 6) is -1.18. The van der Waals surface area contributed by atoms with Crippen molar-refractivity contribution in [3.8, 4) is 0 Å². The van der Waals surface area contributed by atoms with Crippen molar-refractivity contribution < 1.29 is 9.90 Å². The van der Waals surface area contributed by atoms with Crippen LogP contribution in [0.15, 0.2) is 24.3 Å². The molecular formula is C13H8Cl4N2O2. The Labute approximate surface area is 140 Å². The molecule has 8 heteroatoms. The predicted molar refractivity (Wildman–Crippen MR) is 87.6 cm³/mol. The number of carboxylic acid groups (broad SMARTS) is 1. The van der Waals surface area contributed by atoms with Gasteiger partial charge in [-0.3, -0.25) is 0 Å². The molecule has 0 spiro atoms. The van der Waals surface area contributed by atoms with Crippen LogP contribution in [0.4, 0.5) is 17.1 Å². The number of benzene rings is 2. The lowest BCUT2D eigenvalue weighted by atomic mass is 10.1. The van der Waals surface area contributed by atoms with Crippen molar-refractivity contribution in [2.75, 3.05) is 11.1 Å². The maximum Gasteiger partial charge on any atom is 0.337 e. The van der Waals surface area contributed by atoms with Gasteiger partial charge in [-0.15, -0.1) is 0 Å². The topological polar surface area (TPSA) is 75.3 Å². The molecule has 0 aliphatic heterocycles. The summed E-state index contributed by atoms with van der Waals surface area (Å²) in [7, 11) is 0. The number of hydrogen-bond acceptors (Lipinski definition) is 3. The highest BCUT2D eigenvalue weighted by atomic mass is 35.5. The van der Waals surface area contributed by atoms with E-state index in [9.17, 15) is 9.90 Å². The number of nitrogen functional groups attached to an aromatic ring is 1. The summed E-state index contributed by atoms with van der Waals surface area (Å²) in [5.41, 5.74) is 6.29. The number of carboxylic acids is 1. The zero-order valence-corrected chi connectivity index (χ0v) is 13.3. The Kier molecular flexibility index (Phi) is 4.74. The molecule has 4 nitrogen and oxygen atoms in total. The van der Waals surface area contributed by atoms with E-state index in [-0.39, 0.29) is 37.0 Å². The average Bonchev–Trinajstić information content (AvgIpc) is 2.38. The van der Waals surface area contributed by atoms with Crippen molar-refractivity contribution >= 4 is 69.4 Å². The van der Waals surface area contributed by atoms with Gasteiger partial charge in [0.1, 0.15) is 0 Å². The lowest BCUT2D eigenvalue weighted by Crippen LogP contribution is -2.05. The molecule has 0 unspecified atom stereocenters. The number of hydrogen-bond donors (Lipinski definition) is 3. The molecule has 0 aliphatic carbocycles. The second-order valence-electron chi connectivity index (χ2n) is 4.10. The molecule has 4 N–H and O–H groups in total. The molecule has 0 radical (unpaired) electrons. The van der Waals surface area contributed by atoms with E-state index in [0.29, 0.717) is 5.69 Å². The molecule has 0 saturated carbocycles. The van der Waals surface area contributed by atoms with Crippen LogP contribution in [0.1, 0.15) is 10.4 Å². The molecule has 0 aliphatic rings. The largest absolute Gasteiger partial charge is 0.478 e. The number of nitrogens with one attached hydrogen (secondary N) is 1. The monoisotopic (exact) mass is 364 g/mol. The molecule has 0 aromatic heterocycles. The SMILES string of the molecule is Nc1cc(Cl)c(Nc2cc(Cl)c(Cl)cc2Cl)c(C(=O)O)c1. The molecule has 0 atom stereocenters. The first kappa shape index (κ1) is 16.0. The van der Waals surface area contributed by atoms with Gasteiger partial charge in [-0.1, -0.05) is 46.4 Å². The molecule has 21 heavy (non-hydrogen) atoms. The molecule has 2 aromatic rings. The van der Waals surface area contributed by atoms with E-state index in [1.54, 1.807) is 0 Å². The van der Waals surface area contributed by atoms with Gasteiger partial charge in [-0.25, -0.2) is 4.79 Å². The molecule has 0 bridgehead atoms. The maximum absolute atomic E-state index is 11.3. The third-order valence-corrected chi connectivity index (χ3v) is 3.95. The normalized spacial score (nSPS) is 10.5. The van der Waals surface area contributed by atoms with Crippen molar-refractivity contribution in [1.82, 2.24) is 0 Å². The third kappa shape index (κ3) is 3.47. The molecule has 0 saturated heterocycles. The van der Waals surface area contributed by atoms with Crippen LogP contribution in [0, 0.1) is 0 Å². The van der Waals surface area contributed by atoms with Crippen LogP contribution in [0.25, 0.3) is 0 Å². The molecule has 2 rings (SSSR count). The Hall–Kier alpha value is -1.33. The van der Waals surface area contributed by atoms with Crippen molar-refractivity contribution in [3.05, 3.63) is 49.9 Å². The highest BCUT2D eigenvalue weighted by Gasteiger charge is 2.16. The Balaban J connectivity index is 2.54. The molecule has 2 aromatic carbocycles. The lowest BCUT2D eigenvalue weighted by molar-refractivity contribution is 0.0698. The fraction of sp³-hybridized carbons (Fsp3) is 0. The van der Waals surface area contributed by atoms with Crippen molar-refractivity contribution in [2.24, 2.45) is 0 Å². The Morgan fingerprint density at radius 1 is 0.952 bits per heavy atom. The summed E-state index contributed by atoms with van der Waals surface area (Å²) in [4.78, 5) is 11.3. The number of anilines is 3. The minimum Gasteiger partial charge on any atom is -0.478 e. The highest BCUT2D eigenvalue weighted by Crippen LogP contribution is 2.37. The number of rotatable bonds is 3. The quantitative estimate of drug-likeness (QED) is 0.508. The van der Waals surface area contributed by atoms with Crippen molar-refractivity contribution in [2.45, 2.75) is 0 Å². The van der Waals surface area contributed by atoms with Gasteiger partial charge in [-0.2, -0.15) is 0 Å². The minimum atomic E-state index is -1.18. The predicted octanol–water partition coefficient (Wildman–Crippen LogP) is 5.32. The summed E-state index contributed by atoms with van der Waals surface area (Å²) >= 11 is 23.9. The van der Waals surface area contributed by atoms with Gasteiger partial charge >= 0.3 is 5.97 Å². The van der Waals surface area contributed by atoms with Crippen molar-refractivity contribution in [1.29, 1.82) is 0 Å². The lowest BCUT2D eigenvalue weighted by Gasteiger charge is -2.14. The van der Waals surface area contributed by atoms with Gasteiger partial charge in [0, 0.05) is 5.69 Å². The van der Waals surface area contributed by atoms with Gasteiger partial charge < -0.3 is 16.2 Å². The number of aromatic carboxylic acids is 1. The van der Waals surface area contributed by atoms with E-state index in [0.717, 1.165) is 0 Å². The first-order valence-corrected chi connectivity index (χ1v) is 7.04.